The summed E-state index contributed by atoms with van der Waals surface area (Å²) in [5.41, 5.74) is 1.49. The van der Waals surface area contributed by atoms with Crippen LogP contribution in [0.2, 0.25) is 0 Å². The summed E-state index contributed by atoms with van der Waals surface area (Å²) in [7, 11) is 1.86. The smallest absolute Gasteiger partial charge is 0.255 e. The monoisotopic (exact) mass is 396 g/mol. The Balaban J connectivity index is 1.40. The molecule has 0 aliphatic carbocycles. The summed E-state index contributed by atoms with van der Waals surface area (Å²) in [5, 5.41) is 0.963. The number of fused-ring (bicyclic) bond motifs is 1. The molecule has 1 atom stereocenters. The van der Waals surface area contributed by atoms with Gasteiger partial charge in [0.15, 0.2) is 0 Å². The van der Waals surface area contributed by atoms with Crippen LogP contribution >= 0.6 is 0 Å². The third kappa shape index (κ3) is 4.57. The minimum atomic E-state index is -0.0121. The Hall–Kier alpha value is -2.51. The average Bonchev–Trinajstić information content (AvgIpc) is 2.78. The fourth-order valence-corrected chi connectivity index (χ4v) is 4.09. The molecule has 0 radical (unpaired) electrons. The van der Waals surface area contributed by atoms with Crippen molar-refractivity contribution in [2.24, 2.45) is 0 Å². The largest absolute Gasteiger partial charge is 0.379 e. The molecule has 2 aliphatic heterocycles. The van der Waals surface area contributed by atoms with E-state index >= 15 is 0 Å². The number of benzene rings is 1. The third-order valence-electron chi connectivity index (χ3n) is 5.92. The predicted molar refractivity (Wildman–Crippen MR) is 111 cm³/mol. The maximum absolute atomic E-state index is 13.1. The molecule has 2 amide bonds. The van der Waals surface area contributed by atoms with Gasteiger partial charge in [-0.15, -0.1) is 0 Å². The molecule has 0 spiro atoms. The van der Waals surface area contributed by atoms with Crippen LogP contribution in [0.1, 0.15) is 23.2 Å². The van der Waals surface area contributed by atoms with E-state index in [0.717, 1.165) is 36.8 Å². The van der Waals surface area contributed by atoms with Gasteiger partial charge in [0.05, 0.1) is 30.8 Å². The molecule has 4 rings (SSSR count). The third-order valence-corrected chi connectivity index (χ3v) is 5.92. The van der Waals surface area contributed by atoms with Crippen molar-refractivity contribution in [3.63, 3.8) is 0 Å². The minimum Gasteiger partial charge on any atom is -0.379 e. The van der Waals surface area contributed by atoms with Gasteiger partial charge in [-0.25, -0.2) is 0 Å². The van der Waals surface area contributed by atoms with E-state index in [4.69, 9.17) is 4.74 Å². The highest BCUT2D eigenvalue weighted by molar-refractivity contribution is 5.97. The van der Waals surface area contributed by atoms with Crippen molar-refractivity contribution in [3.05, 3.63) is 42.1 Å². The lowest BCUT2D eigenvalue weighted by atomic mass is 10.0. The molecule has 1 aromatic heterocycles. The molecule has 0 saturated carbocycles. The molecular formula is C22H28N4O3. The molecular weight excluding hydrogens is 368 g/mol. The first-order chi connectivity index (χ1) is 14.1. The Kier molecular flexibility index (Phi) is 6.06. The van der Waals surface area contributed by atoms with Crippen LogP contribution in [-0.4, -0.2) is 90.5 Å². The van der Waals surface area contributed by atoms with Gasteiger partial charge < -0.3 is 14.5 Å². The van der Waals surface area contributed by atoms with Crippen LogP contribution in [0.15, 0.2) is 36.5 Å². The summed E-state index contributed by atoms with van der Waals surface area (Å²) >= 11 is 0. The summed E-state index contributed by atoms with van der Waals surface area (Å²) in [6, 6.07) is 9.75. The Bertz CT molecular complexity index is 881. The van der Waals surface area contributed by atoms with E-state index in [2.05, 4.69) is 9.88 Å². The van der Waals surface area contributed by atoms with Gasteiger partial charge in [0.25, 0.3) is 5.91 Å². The van der Waals surface area contributed by atoms with Gasteiger partial charge in [-0.3, -0.25) is 19.5 Å². The number of carbonyl (C=O) groups excluding carboxylic acids is 2. The van der Waals surface area contributed by atoms with Crippen molar-refractivity contribution in [3.8, 4) is 0 Å². The summed E-state index contributed by atoms with van der Waals surface area (Å²) in [5.74, 6) is 0.0977. The highest BCUT2D eigenvalue weighted by Crippen LogP contribution is 2.19. The lowest BCUT2D eigenvalue weighted by Crippen LogP contribution is -2.52. The first kappa shape index (κ1) is 19.8. The van der Waals surface area contributed by atoms with Gasteiger partial charge in [-0.05, 0) is 25.0 Å². The lowest BCUT2D eigenvalue weighted by Gasteiger charge is -2.38. The van der Waals surface area contributed by atoms with Gasteiger partial charge in [0.2, 0.25) is 5.91 Å². The standard InChI is InChI=1S/C22H28N4O3/c1-24(21(27)16-25-9-11-29-12-10-25)19-6-4-8-26(15-19)22(28)18-13-17-5-2-3-7-20(17)23-14-18/h2-3,5,7,13-14,19H,4,6,8-12,15-16H2,1H3. The maximum atomic E-state index is 13.1. The van der Waals surface area contributed by atoms with Crippen LogP contribution in [0, 0.1) is 0 Å². The van der Waals surface area contributed by atoms with Crippen molar-refractivity contribution in [2.75, 3.05) is 53.0 Å². The van der Waals surface area contributed by atoms with E-state index in [9.17, 15) is 9.59 Å². The van der Waals surface area contributed by atoms with Crippen molar-refractivity contribution in [2.45, 2.75) is 18.9 Å². The number of likely N-dealkylation sites (N-methyl/N-ethyl adjacent to an activating group) is 1. The van der Waals surface area contributed by atoms with E-state index in [1.54, 1.807) is 6.20 Å². The van der Waals surface area contributed by atoms with Crippen LogP contribution in [-0.2, 0) is 9.53 Å². The number of hydrogen-bond acceptors (Lipinski definition) is 5. The van der Waals surface area contributed by atoms with Crippen LogP contribution in [0.3, 0.4) is 0 Å². The topological polar surface area (TPSA) is 66.0 Å². The normalized spacial score (nSPS) is 20.6. The molecule has 2 saturated heterocycles. The molecule has 2 aromatic rings. The summed E-state index contributed by atoms with van der Waals surface area (Å²) in [6.45, 7) is 4.65. The highest BCUT2D eigenvalue weighted by Gasteiger charge is 2.30. The second kappa shape index (κ2) is 8.88. The number of carbonyl (C=O) groups is 2. The summed E-state index contributed by atoms with van der Waals surface area (Å²) in [6.07, 6.45) is 3.47. The number of hydrogen-bond donors (Lipinski definition) is 0. The van der Waals surface area contributed by atoms with Crippen LogP contribution in [0.4, 0.5) is 0 Å². The second-order valence-corrected chi connectivity index (χ2v) is 7.86. The van der Waals surface area contributed by atoms with E-state index in [-0.39, 0.29) is 17.9 Å². The Morgan fingerprint density at radius 1 is 1.21 bits per heavy atom. The van der Waals surface area contributed by atoms with Gasteiger partial charge in [-0.2, -0.15) is 0 Å². The number of nitrogens with zero attached hydrogens (tertiary/aromatic N) is 4. The van der Waals surface area contributed by atoms with Gasteiger partial charge in [0, 0.05) is 50.9 Å². The molecule has 0 bridgehead atoms. The number of pyridine rings is 1. The number of para-hydroxylation sites is 1. The van der Waals surface area contributed by atoms with Crippen molar-refractivity contribution >= 4 is 22.7 Å². The number of rotatable bonds is 4. The first-order valence-electron chi connectivity index (χ1n) is 10.3. The Morgan fingerprint density at radius 2 is 2.00 bits per heavy atom. The number of piperidine rings is 1. The van der Waals surface area contributed by atoms with Crippen molar-refractivity contribution in [1.29, 1.82) is 0 Å². The van der Waals surface area contributed by atoms with E-state index in [1.807, 2.05) is 47.2 Å². The van der Waals surface area contributed by atoms with Gasteiger partial charge in [-0.1, -0.05) is 18.2 Å². The van der Waals surface area contributed by atoms with Crippen molar-refractivity contribution < 1.29 is 14.3 Å². The quantitative estimate of drug-likeness (QED) is 0.786. The fraction of sp³-hybridized carbons (Fsp3) is 0.500. The zero-order chi connectivity index (χ0) is 20.2. The number of ether oxygens (including phenoxy) is 1. The van der Waals surface area contributed by atoms with Crippen LogP contribution in [0.5, 0.6) is 0 Å². The van der Waals surface area contributed by atoms with Crippen LogP contribution < -0.4 is 0 Å². The number of aromatic nitrogens is 1. The predicted octanol–water partition coefficient (Wildman–Crippen LogP) is 1.63. The van der Waals surface area contributed by atoms with Crippen LogP contribution in [0.25, 0.3) is 10.9 Å². The van der Waals surface area contributed by atoms with E-state index < -0.39 is 0 Å². The minimum absolute atomic E-state index is 0.0121. The lowest BCUT2D eigenvalue weighted by molar-refractivity contribution is -0.135. The second-order valence-electron chi connectivity index (χ2n) is 7.86. The highest BCUT2D eigenvalue weighted by atomic mass is 16.5. The summed E-state index contributed by atoms with van der Waals surface area (Å²) in [4.78, 5) is 36.0. The average molecular weight is 396 g/mol. The Labute approximate surface area is 171 Å². The van der Waals surface area contributed by atoms with Gasteiger partial charge in [0.1, 0.15) is 0 Å². The SMILES string of the molecule is CN(C(=O)CN1CCOCC1)C1CCCN(C(=O)c2cnc3ccccc3c2)C1. The molecule has 3 heterocycles. The van der Waals surface area contributed by atoms with Gasteiger partial charge >= 0.3 is 0 Å². The molecule has 7 nitrogen and oxygen atoms in total. The Morgan fingerprint density at radius 3 is 2.83 bits per heavy atom. The molecule has 2 aliphatic rings. The zero-order valence-electron chi connectivity index (χ0n) is 16.9. The number of likely N-dealkylation sites (tertiary alicyclic amines) is 1. The molecule has 29 heavy (non-hydrogen) atoms. The molecule has 154 valence electrons. The molecule has 0 N–H and O–H groups in total. The van der Waals surface area contributed by atoms with Crippen molar-refractivity contribution in [1.82, 2.24) is 19.7 Å². The maximum Gasteiger partial charge on any atom is 0.255 e. The molecule has 7 heteroatoms. The molecule has 1 aromatic carbocycles. The molecule has 2 fully saturated rings. The van der Waals surface area contributed by atoms with E-state index in [0.29, 0.717) is 38.4 Å². The van der Waals surface area contributed by atoms with E-state index in [1.165, 1.54) is 0 Å². The summed E-state index contributed by atoms with van der Waals surface area (Å²) < 4.78 is 5.35. The fourth-order valence-electron chi connectivity index (χ4n) is 4.09. The number of morpholine rings is 1. The first-order valence-corrected chi connectivity index (χ1v) is 10.3. The zero-order valence-corrected chi connectivity index (χ0v) is 16.9. The molecule has 1 unspecified atom stereocenters. The number of amides is 2.